The third kappa shape index (κ3) is 4.32. The average Bonchev–Trinajstić information content (AvgIpc) is 2.74. The van der Waals surface area contributed by atoms with Gasteiger partial charge in [0.05, 0.1) is 10.9 Å². The fourth-order valence-electron chi connectivity index (χ4n) is 4.04. The molecule has 1 aliphatic heterocycles. The van der Waals surface area contributed by atoms with Crippen LogP contribution in [0, 0.1) is 6.92 Å². The Morgan fingerprint density at radius 3 is 2.53 bits per heavy atom. The van der Waals surface area contributed by atoms with Gasteiger partial charge in [-0.1, -0.05) is 24.1 Å². The molecule has 1 fully saturated rings. The van der Waals surface area contributed by atoms with Gasteiger partial charge in [-0.3, -0.25) is 9.69 Å². The zero-order chi connectivity index (χ0) is 23.0. The van der Waals surface area contributed by atoms with E-state index in [1.165, 1.54) is 24.3 Å². The summed E-state index contributed by atoms with van der Waals surface area (Å²) in [6.45, 7) is 4.80. The lowest BCUT2D eigenvalue weighted by Crippen LogP contribution is -2.36. The molecule has 1 aromatic heterocycles. The van der Waals surface area contributed by atoms with Gasteiger partial charge in [-0.05, 0) is 57.5 Å². The van der Waals surface area contributed by atoms with Crippen molar-refractivity contribution in [3.63, 3.8) is 0 Å². The second-order valence-corrected chi connectivity index (χ2v) is 8.26. The maximum Gasteiger partial charge on any atom is 0.453 e. The topological polar surface area (TPSA) is 62.9 Å². The molecule has 5 nitrogen and oxygen atoms in total. The number of benzene rings is 2. The number of likely N-dealkylation sites (tertiary alicyclic amines) is 1. The number of aromatic hydroxyl groups is 1. The summed E-state index contributed by atoms with van der Waals surface area (Å²) in [6.07, 6.45) is -1.97. The molecular weight excluding hydrogens is 423 g/mol. The molecule has 0 amide bonds. The fourth-order valence-corrected chi connectivity index (χ4v) is 4.04. The van der Waals surface area contributed by atoms with E-state index in [1.54, 1.807) is 12.1 Å². The van der Waals surface area contributed by atoms with E-state index < -0.39 is 23.1 Å². The number of aryl methyl sites for hydroxylation is 1. The van der Waals surface area contributed by atoms with Crippen LogP contribution in [0.4, 0.5) is 13.2 Å². The van der Waals surface area contributed by atoms with Gasteiger partial charge in [0.25, 0.3) is 5.76 Å². The number of nitrogens with zero attached hydrogens (tertiary/aromatic N) is 1. The summed E-state index contributed by atoms with van der Waals surface area (Å²) in [7, 11) is 0. The Balaban J connectivity index is 1.87. The Morgan fingerprint density at radius 2 is 1.88 bits per heavy atom. The van der Waals surface area contributed by atoms with Crippen LogP contribution in [0.25, 0.3) is 11.0 Å². The van der Waals surface area contributed by atoms with E-state index in [1.807, 2.05) is 13.8 Å². The highest BCUT2D eigenvalue weighted by molar-refractivity contribution is 5.83. The zero-order valence-electron chi connectivity index (χ0n) is 17.8. The van der Waals surface area contributed by atoms with Crippen LogP contribution in [0.2, 0.25) is 0 Å². The van der Waals surface area contributed by atoms with E-state index >= 15 is 0 Å². The number of piperidine rings is 1. The van der Waals surface area contributed by atoms with Gasteiger partial charge in [-0.15, -0.1) is 0 Å². The molecule has 0 bridgehead atoms. The Hall–Kier alpha value is -3.00. The standard InChI is InChI=1S/C24H24F3NO4/c1-14-6-8-16(9-7-14)31-22-20(30)17-10-11-19(29)18(13-28-12-4-3-5-15(28)2)21(17)32-23(22)24(25,26)27/h6-11,15,29H,3-5,12-13H2,1-2H3/t15-/m0/s1. The maximum atomic E-state index is 13.9. The van der Waals surface area contributed by atoms with Crippen molar-refractivity contribution >= 4 is 11.0 Å². The van der Waals surface area contributed by atoms with E-state index in [2.05, 4.69) is 4.90 Å². The van der Waals surface area contributed by atoms with Crippen LogP contribution in [-0.2, 0) is 12.7 Å². The first-order chi connectivity index (χ1) is 15.1. The highest BCUT2D eigenvalue weighted by Crippen LogP contribution is 2.40. The molecule has 1 aliphatic rings. The van der Waals surface area contributed by atoms with Crippen molar-refractivity contribution in [2.75, 3.05) is 6.54 Å². The summed E-state index contributed by atoms with van der Waals surface area (Å²) in [5.41, 5.74) is -0.143. The number of phenols is 1. The molecule has 1 saturated heterocycles. The predicted octanol–water partition coefficient (Wildman–Crippen LogP) is 5.99. The van der Waals surface area contributed by atoms with Gasteiger partial charge in [-0.2, -0.15) is 13.2 Å². The van der Waals surface area contributed by atoms with E-state index in [9.17, 15) is 23.1 Å². The summed E-state index contributed by atoms with van der Waals surface area (Å²) < 4.78 is 52.3. The second kappa shape index (κ2) is 8.50. The van der Waals surface area contributed by atoms with Crippen LogP contribution in [-0.4, -0.2) is 22.6 Å². The van der Waals surface area contributed by atoms with Crippen molar-refractivity contribution in [1.82, 2.24) is 4.90 Å². The number of hydrogen-bond donors (Lipinski definition) is 1. The highest BCUT2D eigenvalue weighted by atomic mass is 19.4. The van der Waals surface area contributed by atoms with Crippen molar-refractivity contribution in [2.45, 2.75) is 51.9 Å². The van der Waals surface area contributed by atoms with Crippen molar-refractivity contribution in [3.05, 3.63) is 63.5 Å². The number of hydrogen-bond acceptors (Lipinski definition) is 5. The lowest BCUT2D eigenvalue weighted by Gasteiger charge is -2.33. The van der Waals surface area contributed by atoms with E-state index in [0.29, 0.717) is 0 Å². The SMILES string of the molecule is Cc1ccc(Oc2c(C(F)(F)F)oc3c(CN4CCCC[C@@H]4C)c(O)ccc3c2=O)cc1. The van der Waals surface area contributed by atoms with Gasteiger partial charge >= 0.3 is 6.18 Å². The van der Waals surface area contributed by atoms with Crippen molar-refractivity contribution in [2.24, 2.45) is 0 Å². The number of fused-ring (bicyclic) bond motifs is 1. The molecule has 0 radical (unpaired) electrons. The zero-order valence-corrected chi connectivity index (χ0v) is 17.8. The van der Waals surface area contributed by atoms with E-state index in [-0.39, 0.29) is 40.6 Å². The Morgan fingerprint density at radius 1 is 1.16 bits per heavy atom. The summed E-state index contributed by atoms with van der Waals surface area (Å²) >= 11 is 0. The van der Waals surface area contributed by atoms with Crippen LogP contribution in [0.5, 0.6) is 17.2 Å². The number of phenolic OH excluding ortho intramolecular Hbond substituents is 1. The highest BCUT2D eigenvalue weighted by Gasteiger charge is 2.41. The number of alkyl halides is 3. The minimum atomic E-state index is -4.96. The van der Waals surface area contributed by atoms with Crippen LogP contribution in [0.15, 0.2) is 45.6 Å². The molecule has 0 aliphatic carbocycles. The summed E-state index contributed by atoms with van der Waals surface area (Å²) in [5.74, 6) is -2.56. The number of halogens is 3. The molecule has 170 valence electrons. The first-order valence-corrected chi connectivity index (χ1v) is 10.5. The van der Waals surface area contributed by atoms with Gasteiger partial charge < -0.3 is 14.3 Å². The Kier molecular flexibility index (Phi) is 5.90. The smallest absolute Gasteiger partial charge is 0.453 e. The van der Waals surface area contributed by atoms with Gasteiger partial charge in [0.15, 0.2) is 0 Å². The minimum absolute atomic E-state index is 0.0717. The average molecular weight is 447 g/mol. The third-order valence-electron chi connectivity index (χ3n) is 5.90. The lowest BCUT2D eigenvalue weighted by molar-refractivity contribution is -0.154. The molecule has 2 aromatic carbocycles. The molecule has 1 N–H and O–H groups in total. The van der Waals surface area contributed by atoms with Crippen molar-refractivity contribution in [3.8, 4) is 17.2 Å². The van der Waals surface area contributed by atoms with Gasteiger partial charge in [0, 0.05) is 12.6 Å². The quantitative estimate of drug-likeness (QED) is 0.532. The number of rotatable bonds is 4. The predicted molar refractivity (Wildman–Crippen MR) is 114 cm³/mol. The van der Waals surface area contributed by atoms with E-state index in [0.717, 1.165) is 31.4 Å². The molecule has 0 spiro atoms. The van der Waals surface area contributed by atoms with E-state index in [4.69, 9.17) is 9.15 Å². The second-order valence-electron chi connectivity index (χ2n) is 8.26. The Labute approximate surface area is 183 Å². The summed E-state index contributed by atoms with van der Waals surface area (Å²) in [6, 6.07) is 9.09. The van der Waals surface area contributed by atoms with Crippen LogP contribution >= 0.6 is 0 Å². The summed E-state index contributed by atoms with van der Waals surface area (Å²) in [5, 5.41) is 10.4. The third-order valence-corrected chi connectivity index (χ3v) is 5.90. The van der Waals surface area contributed by atoms with Crippen LogP contribution in [0.3, 0.4) is 0 Å². The van der Waals surface area contributed by atoms with Crippen molar-refractivity contribution < 1.29 is 27.4 Å². The van der Waals surface area contributed by atoms with Gasteiger partial charge in [0.1, 0.15) is 17.1 Å². The first-order valence-electron chi connectivity index (χ1n) is 10.5. The first kappa shape index (κ1) is 22.2. The van der Waals surface area contributed by atoms with Crippen LogP contribution < -0.4 is 10.2 Å². The molecular formula is C24H24F3NO4. The Bertz CT molecular complexity index is 1190. The molecule has 1 atom stereocenters. The molecule has 0 unspecified atom stereocenters. The normalized spacial score (nSPS) is 17.6. The van der Waals surface area contributed by atoms with Gasteiger partial charge in [0.2, 0.25) is 11.2 Å². The van der Waals surface area contributed by atoms with Crippen molar-refractivity contribution in [1.29, 1.82) is 0 Å². The molecule has 0 saturated carbocycles. The molecule has 4 rings (SSSR count). The lowest BCUT2D eigenvalue weighted by atomic mass is 10.0. The number of ether oxygens (including phenoxy) is 1. The largest absolute Gasteiger partial charge is 0.507 e. The molecule has 3 aromatic rings. The molecule has 2 heterocycles. The summed E-state index contributed by atoms with van der Waals surface area (Å²) in [4.78, 5) is 15.2. The maximum absolute atomic E-state index is 13.9. The molecule has 32 heavy (non-hydrogen) atoms. The van der Waals surface area contributed by atoms with Gasteiger partial charge in [-0.25, -0.2) is 0 Å². The van der Waals surface area contributed by atoms with Crippen LogP contribution in [0.1, 0.15) is 43.1 Å². The monoisotopic (exact) mass is 447 g/mol. The molecule has 8 heteroatoms. The minimum Gasteiger partial charge on any atom is -0.507 e. The fraction of sp³-hybridized carbons (Fsp3) is 0.375.